The first-order valence-electron chi connectivity index (χ1n) is 11.9. The number of benzene rings is 3. The molecule has 1 aliphatic heterocycles. The van der Waals surface area contributed by atoms with Crippen molar-refractivity contribution < 1.29 is 18.0 Å². The van der Waals surface area contributed by atoms with Crippen molar-refractivity contribution in [2.45, 2.75) is 31.1 Å². The van der Waals surface area contributed by atoms with Gasteiger partial charge in [-0.15, -0.1) is 0 Å². The van der Waals surface area contributed by atoms with Gasteiger partial charge in [0.15, 0.2) is 0 Å². The molecular weight excluding hydrogens is 533 g/mol. The predicted molar refractivity (Wildman–Crippen MR) is 147 cm³/mol. The maximum Gasteiger partial charge on any atom is 0.264 e. The van der Waals surface area contributed by atoms with Crippen molar-refractivity contribution in [2.24, 2.45) is 0 Å². The fourth-order valence-electron chi connectivity index (χ4n) is 4.16. The fraction of sp³-hybridized carbons (Fsp3) is 0.259. The van der Waals surface area contributed by atoms with Gasteiger partial charge in [-0.05, 0) is 68.7 Å². The van der Waals surface area contributed by atoms with Crippen molar-refractivity contribution in [1.82, 2.24) is 4.90 Å². The molecule has 0 aliphatic carbocycles. The molecular formula is C27H27Cl2N3O4S. The van der Waals surface area contributed by atoms with Crippen LogP contribution >= 0.6 is 23.2 Å². The van der Waals surface area contributed by atoms with Crippen LogP contribution in [-0.4, -0.2) is 44.8 Å². The average molecular weight is 561 g/mol. The van der Waals surface area contributed by atoms with E-state index in [-0.39, 0.29) is 26.5 Å². The van der Waals surface area contributed by atoms with E-state index in [0.29, 0.717) is 24.3 Å². The molecule has 37 heavy (non-hydrogen) atoms. The van der Waals surface area contributed by atoms with Gasteiger partial charge in [-0.2, -0.15) is 0 Å². The number of hydrogen-bond acceptors (Lipinski definition) is 4. The van der Waals surface area contributed by atoms with Gasteiger partial charge in [0.1, 0.15) is 6.54 Å². The van der Waals surface area contributed by atoms with Gasteiger partial charge in [0.05, 0.1) is 31.9 Å². The third-order valence-electron chi connectivity index (χ3n) is 6.16. The Morgan fingerprint density at radius 2 is 1.59 bits per heavy atom. The minimum absolute atomic E-state index is 0.0256. The highest BCUT2D eigenvalue weighted by Gasteiger charge is 2.28. The van der Waals surface area contributed by atoms with E-state index in [2.05, 4.69) is 5.32 Å². The first-order valence-corrected chi connectivity index (χ1v) is 14.1. The molecule has 1 aliphatic rings. The highest BCUT2D eigenvalue weighted by molar-refractivity contribution is 7.92. The Morgan fingerprint density at radius 1 is 0.919 bits per heavy atom. The predicted octanol–water partition coefficient (Wildman–Crippen LogP) is 5.76. The Morgan fingerprint density at radius 3 is 2.27 bits per heavy atom. The molecule has 3 aromatic rings. The van der Waals surface area contributed by atoms with Crippen molar-refractivity contribution in [3.63, 3.8) is 0 Å². The number of nitrogens with zero attached hydrogens (tertiary/aromatic N) is 2. The van der Waals surface area contributed by atoms with E-state index >= 15 is 0 Å². The van der Waals surface area contributed by atoms with Crippen LogP contribution in [0.4, 0.5) is 11.4 Å². The van der Waals surface area contributed by atoms with E-state index < -0.39 is 22.5 Å². The van der Waals surface area contributed by atoms with Crippen molar-refractivity contribution >= 4 is 56.4 Å². The summed E-state index contributed by atoms with van der Waals surface area (Å²) >= 11 is 12.2. The Labute approximate surface area is 227 Å². The molecule has 1 saturated heterocycles. The normalized spacial score (nSPS) is 13.8. The third-order valence-corrected chi connectivity index (χ3v) is 8.69. The molecule has 10 heteroatoms. The van der Waals surface area contributed by atoms with E-state index in [9.17, 15) is 18.0 Å². The van der Waals surface area contributed by atoms with Crippen LogP contribution in [0, 0.1) is 6.92 Å². The second-order valence-corrected chi connectivity index (χ2v) is 11.5. The van der Waals surface area contributed by atoms with Crippen LogP contribution in [0.15, 0.2) is 71.6 Å². The van der Waals surface area contributed by atoms with Gasteiger partial charge in [-0.3, -0.25) is 13.9 Å². The molecule has 0 unspecified atom stereocenters. The molecule has 1 heterocycles. The van der Waals surface area contributed by atoms with Crippen LogP contribution in [-0.2, 0) is 14.8 Å². The van der Waals surface area contributed by atoms with Gasteiger partial charge >= 0.3 is 0 Å². The maximum atomic E-state index is 13.6. The molecule has 0 radical (unpaired) electrons. The number of nitrogens with one attached hydrogen (secondary N) is 1. The Balaban J connectivity index is 1.63. The highest BCUT2D eigenvalue weighted by Crippen LogP contribution is 2.31. The van der Waals surface area contributed by atoms with Crippen LogP contribution in [0.5, 0.6) is 0 Å². The second kappa shape index (κ2) is 11.5. The quantitative estimate of drug-likeness (QED) is 0.398. The summed E-state index contributed by atoms with van der Waals surface area (Å²) in [6, 6.07) is 17.4. The lowest BCUT2D eigenvalue weighted by Crippen LogP contribution is -2.39. The van der Waals surface area contributed by atoms with E-state index in [1.165, 1.54) is 30.3 Å². The van der Waals surface area contributed by atoms with E-state index in [4.69, 9.17) is 23.2 Å². The van der Waals surface area contributed by atoms with Gasteiger partial charge in [-0.1, -0.05) is 53.0 Å². The van der Waals surface area contributed by atoms with E-state index in [0.717, 1.165) is 29.1 Å². The summed E-state index contributed by atoms with van der Waals surface area (Å²) in [4.78, 5) is 28.2. The smallest absolute Gasteiger partial charge is 0.264 e. The first-order chi connectivity index (χ1) is 17.7. The number of likely N-dealkylation sites (tertiary alicyclic amines) is 1. The molecule has 3 aromatic carbocycles. The summed E-state index contributed by atoms with van der Waals surface area (Å²) < 4.78 is 28.2. The number of carbonyl (C=O) groups is 2. The number of para-hydroxylation sites is 1. The topological polar surface area (TPSA) is 86.8 Å². The van der Waals surface area contributed by atoms with E-state index in [1.54, 1.807) is 41.3 Å². The van der Waals surface area contributed by atoms with Gasteiger partial charge in [-0.25, -0.2) is 8.42 Å². The van der Waals surface area contributed by atoms with Crippen molar-refractivity contribution in [3.8, 4) is 0 Å². The molecule has 0 aromatic heterocycles. The number of piperidine rings is 1. The molecule has 2 amide bonds. The highest BCUT2D eigenvalue weighted by atomic mass is 35.5. The van der Waals surface area contributed by atoms with Gasteiger partial charge < -0.3 is 10.2 Å². The zero-order valence-corrected chi connectivity index (χ0v) is 22.6. The summed E-state index contributed by atoms with van der Waals surface area (Å²) in [5.41, 5.74) is 1.76. The lowest BCUT2D eigenvalue weighted by atomic mass is 10.1. The molecule has 1 N–H and O–H groups in total. The Kier molecular flexibility index (Phi) is 8.42. The summed E-state index contributed by atoms with van der Waals surface area (Å²) in [6.07, 6.45) is 2.97. The number of hydrogen-bond donors (Lipinski definition) is 1. The average Bonchev–Trinajstić information content (AvgIpc) is 2.89. The number of anilines is 2. The third kappa shape index (κ3) is 6.26. The number of aryl methyl sites for hydroxylation is 1. The maximum absolute atomic E-state index is 13.6. The monoisotopic (exact) mass is 559 g/mol. The van der Waals surface area contributed by atoms with Gasteiger partial charge in [0.25, 0.3) is 15.9 Å². The number of rotatable bonds is 7. The Bertz CT molecular complexity index is 1410. The Hall–Kier alpha value is -3.07. The van der Waals surface area contributed by atoms with Crippen LogP contribution in [0.2, 0.25) is 10.0 Å². The van der Waals surface area contributed by atoms with Crippen LogP contribution in [0.25, 0.3) is 0 Å². The van der Waals surface area contributed by atoms with Crippen molar-refractivity contribution in [1.29, 1.82) is 0 Å². The van der Waals surface area contributed by atoms with E-state index in [1.807, 2.05) is 6.92 Å². The van der Waals surface area contributed by atoms with Crippen molar-refractivity contribution in [2.75, 3.05) is 29.3 Å². The zero-order valence-electron chi connectivity index (χ0n) is 20.3. The number of carbonyl (C=O) groups excluding carboxylic acids is 2. The number of halogens is 2. The summed E-state index contributed by atoms with van der Waals surface area (Å²) in [5, 5.41) is 3.15. The molecule has 7 nitrogen and oxygen atoms in total. The molecule has 0 bridgehead atoms. The summed E-state index contributed by atoms with van der Waals surface area (Å²) in [6.45, 7) is 2.64. The molecule has 0 atom stereocenters. The fourth-order valence-corrected chi connectivity index (χ4v) is 5.86. The largest absolute Gasteiger partial charge is 0.339 e. The van der Waals surface area contributed by atoms with Crippen LogP contribution in [0.1, 0.15) is 35.2 Å². The van der Waals surface area contributed by atoms with Gasteiger partial charge in [0, 0.05) is 13.1 Å². The summed E-state index contributed by atoms with van der Waals surface area (Å²) in [7, 11) is -4.14. The molecule has 0 saturated carbocycles. The van der Waals surface area contributed by atoms with Crippen molar-refractivity contribution in [3.05, 3.63) is 87.9 Å². The first kappa shape index (κ1) is 27.0. The summed E-state index contributed by atoms with van der Waals surface area (Å²) in [5.74, 6) is -0.773. The van der Waals surface area contributed by atoms with Crippen LogP contribution in [0.3, 0.4) is 0 Å². The molecule has 0 spiro atoms. The minimum atomic E-state index is -4.14. The molecule has 4 rings (SSSR count). The lowest BCUT2D eigenvalue weighted by Gasteiger charge is -2.28. The lowest BCUT2D eigenvalue weighted by molar-refractivity contribution is -0.114. The molecule has 1 fully saturated rings. The standard InChI is InChI=1S/C27H27Cl2N3O4S/c1-19-9-12-21(13-10-19)37(35,36)32(20-11-14-23(28)24(29)17-20)18-26(33)30-25-8-4-3-7-22(25)27(34)31-15-5-2-6-16-31/h3-4,7-14,17H,2,5-6,15-16,18H2,1H3,(H,30,33). The SMILES string of the molecule is Cc1ccc(S(=O)(=O)N(CC(=O)Nc2ccccc2C(=O)N2CCCCC2)c2ccc(Cl)c(Cl)c2)cc1. The van der Waals surface area contributed by atoms with Gasteiger partial charge in [0.2, 0.25) is 5.91 Å². The number of sulfonamides is 1. The minimum Gasteiger partial charge on any atom is -0.339 e. The number of amides is 2. The zero-order chi connectivity index (χ0) is 26.6. The second-order valence-electron chi connectivity index (χ2n) is 8.87. The van der Waals surface area contributed by atoms with Crippen LogP contribution < -0.4 is 9.62 Å². The molecule has 194 valence electrons.